The maximum Gasteiger partial charge on any atom is 0.433 e. The number of rotatable bonds is 3. The Labute approximate surface area is 196 Å². The number of aryl methyl sites for hydroxylation is 2. The lowest BCUT2D eigenvalue weighted by atomic mass is 10.0. The van der Waals surface area contributed by atoms with Crippen LogP contribution >= 0.6 is 0 Å². The lowest BCUT2D eigenvalue weighted by Gasteiger charge is -2.27. The van der Waals surface area contributed by atoms with Crippen molar-refractivity contribution >= 4 is 16.8 Å². The zero-order valence-electron chi connectivity index (χ0n) is 19.0. The molecule has 1 aliphatic heterocycles. The van der Waals surface area contributed by atoms with Gasteiger partial charge in [-0.1, -0.05) is 0 Å². The van der Waals surface area contributed by atoms with Crippen molar-refractivity contribution in [2.24, 2.45) is 14.1 Å². The van der Waals surface area contributed by atoms with Crippen molar-refractivity contribution in [3.63, 3.8) is 0 Å². The fourth-order valence-electron chi connectivity index (χ4n) is 4.49. The smallest absolute Gasteiger partial charge is 0.433 e. The van der Waals surface area contributed by atoms with Gasteiger partial charge in [-0.15, -0.1) is 0 Å². The first-order chi connectivity index (χ1) is 16.6. The number of amides is 1. The maximum atomic E-state index is 13.9. The number of fused-ring (bicyclic) bond motifs is 2. The summed E-state index contributed by atoms with van der Waals surface area (Å²) in [7, 11) is 4.30. The summed E-state index contributed by atoms with van der Waals surface area (Å²) in [6.07, 6.45) is -4.16. The molecule has 35 heavy (non-hydrogen) atoms. The van der Waals surface area contributed by atoms with Crippen molar-refractivity contribution in [1.29, 1.82) is 0 Å². The maximum absolute atomic E-state index is 13.9. The number of carbonyl (C=O) groups excluding carboxylic acids is 1. The molecule has 0 N–H and O–H groups in total. The van der Waals surface area contributed by atoms with Gasteiger partial charge in [-0.2, -0.15) is 23.4 Å². The molecule has 1 aliphatic rings. The Morgan fingerprint density at radius 2 is 1.86 bits per heavy atom. The van der Waals surface area contributed by atoms with Crippen LogP contribution in [0.5, 0.6) is 5.88 Å². The molecule has 0 aliphatic carbocycles. The minimum Gasteiger partial charge on any atom is -0.481 e. The van der Waals surface area contributed by atoms with Crippen LogP contribution in [0.2, 0.25) is 0 Å². The van der Waals surface area contributed by atoms with Gasteiger partial charge >= 0.3 is 6.18 Å². The lowest BCUT2D eigenvalue weighted by molar-refractivity contribution is -0.143. The first-order valence-corrected chi connectivity index (χ1v) is 10.7. The molecule has 1 aromatic carbocycles. The number of aromatic nitrogens is 5. The fraction of sp³-hybridized carbons (Fsp3) is 0.304. The van der Waals surface area contributed by atoms with Crippen molar-refractivity contribution in [3.05, 3.63) is 58.7 Å². The number of carbonyl (C=O) groups is 1. The number of benzene rings is 1. The van der Waals surface area contributed by atoms with E-state index in [0.29, 0.717) is 35.3 Å². The minimum atomic E-state index is -4.53. The molecule has 0 unspecified atom stereocenters. The van der Waals surface area contributed by atoms with Crippen LogP contribution in [0.15, 0.2) is 30.3 Å². The van der Waals surface area contributed by atoms with E-state index >= 15 is 0 Å². The van der Waals surface area contributed by atoms with E-state index in [4.69, 9.17) is 4.74 Å². The average molecular weight is 488 g/mol. The molecule has 0 atom stereocenters. The molecular weight excluding hydrogens is 468 g/mol. The number of halogens is 4. The Morgan fingerprint density at radius 3 is 2.54 bits per heavy atom. The van der Waals surface area contributed by atoms with Gasteiger partial charge in [0.15, 0.2) is 0 Å². The number of hydrogen-bond donors (Lipinski definition) is 0. The van der Waals surface area contributed by atoms with Gasteiger partial charge < -0.3 is 9.64 Å². The predicted molar refractivity (Wildman–Crippen MR) is 117 cm³/mol. The predicted octanol–water partition coefficient (Wildman–Crippen LogP) is 3.73. The number of methoxy groups -OCH3 is 1. The molecule has 1 amide bonds. The first kappa shape index (κ1) is 22.8. The molecule has 4 aromatic rings. The zero-order chi connectivity index (χ0) is 25.1. The third kappa shape index (κ3) is 3.88. The Balaban J connectivity index is 1.50. The minimum absolute atomic E-state index is 0.141. The van der Waals surface area contributed by atoms with E-state index in [9.17, 15) is 22.4 Å². The van der Waals surface area contributed by atoms with Gasteiger partial charge in [0, 0.05) is 37.7 Å². The number of hydrogen-bond acceptors (Lipinski definition) is 5. The van der Waals surface area contributed by atoms with E-state index < -0.39 is 17.7 Å². The third-order valence-electron chi connectivity index (χ3n) is 6.09. The second-order valence-corrected chi connectivity index (χ2v) is 8.28. The summed E-state index contributed by atoms with van der Waals surface area (Å²) < 4.78 is 61.2. The molecule has 182 valence electrons. The number of alkyl halides is 3. The van der Waals surface area contributed by atoms with Crippen LogP contribution in [-0.2, 0) is 33.2 Å². The van der Waals surface area contributed by atoms with E-state index in [2.05, 4.69) is 15.2 Å². The topological polar surface area (TPSA) is 78.1 Å². The Morgan fingerprint density at radius 1 is 1.09 bits per heavy atom. The molecule has 0 bridgehead atoms. The van der Waals surface area contributed by atoms with Gasteiger partial charge in [-0.25, -0.2) is 9.37 Å². The van der Waals surface area contributed by atoms with Crippen LogP contribution < -0.4 is 4.74 Å². The van der Waals surface area contributed by atoms with Gasteiger partial charge in [0.25, 0.3) is 5.91 Å². The van der Waals surface area contributed by atoms with E-state index in [1.807, 2.05) is 0 Å². The van der Waals surface area contributed by atoms with Crippen molar-refractivity contribution in [3.8, 4) is 17.3 Å². The van der Waals surface area contributed by atoms with Crippen molar-refractivity contribution < 1.29 is 27.1 Å². The zero-order valence-corrected chi connectivity index (χ0v) is 19.0. The second kappa shape index (κ2) is 8.07. The van der Waals surface area contributed by atoms with Gasteiger partial charge in [0.2, 0.25) is 5.88 Å². The molecular formula is C23H20F4N6O2. The number of nitrogens with zero attached hydrogens (tertiary/aromatic N) is 6. The van der Waals surface area contributed by atoms with Gasteiger partial charge in [0.05, 0.1) is 36.1 Å². The van der Waals surface area contributed by atoms with Crippen LogP contribution in [0, 0.1) is 5.82 Å². The summed E-state index contributed by atoms with van der Waals surface area (Å²) in [5.41, 5.74) is 1.76. The molecule has 3 aromatic heterocycles. The molecule has 0 spiro atoms. The van der Waals surface area contributed by atoms with Crippen LogP contribution in [0.1, 0.15) is 27.3 Å². The Kier molecular flexibility index (Phi) is 5.26. The monoisotopic (exact) mass is 488 g/mol. The van der Waals surface area contributed by atoms with Gasteiger partial charge in [-0.05, 0) is 30.7 Å². The standard InChI is InChI=1S/C23H20F4N6O2/c1-31-19(23(25,26)27)10-17(29-31)21-13-6-7-33(11-18(13)30-32(21)2)22(34)15-9-20(35-3)28-16-5-4-12(24)8-14(15)16/h4-5,8-10H,6-7,11H2,1-3H3. The highest BCUT2D eigenvalue weighted by Gasteiger charge is 2.36. The molecule has 0 radical (unpaired) electrons. The van der Waals surface area contributed by atoms with Crippen molar-refractivity contribution in [2.75, 3.05) is 13.7 Å². The molecule has 0 fully saturated rings. The van der Waals surface area contributed by atoms with Gasteiger partial charge in [-0.3, -0.25) is 14.2 Å². The lowest BCUT2D eigenvalue weighted by Crippen LogP contribution is -2.36. The SMILES string of the molecule is COc1cc(C(=O)N2CCc3c(nn(C)c3-c3cc(C(F)(F)F)n(C)n3)C2)c2cc(F)ccc2n1. The average Bonchev–Trinajstić information content (AvgIpc) is 3.35. The van der Waals surface area contributed by atoms with Crippen molar-refractivity contribution in [2.45, 2.75) is 19.1 Å². The van der Waals surface area contributed by atoms with Crippen LogP contribution in [0.4, 0.5) is 17.6 Å². The second-order valence-electron chi connectivity index (χ2n) is 8.28. The summed E-state index contributed by atoms with van der Waals surface area (Å²) in [5.74, 6) is -0.625. The van der Waals surface area contributed by atoms with Crippen LogP contribution in [0.3, 0.4) is 0 Å². The quantitative estimate of drug-likeness (QED) is 0.411. The van der Waals surface area contributed by atoms with Crippen LogP contribution in [-0.4, -0.2) is 49.0 Å². The normalized spacial score (nSPS) is 13.9. The summed E-state index contributed by atoms with van der Waals surface area (Å²) in [6.45, 7) is 0.438. The largest absolute Gasteiger partial charge is 0.481 e. The highest BCUT2D eigenvalue weighted by molar-refractivity contribution is 6.06. The Hall–Kier alpha value is -3.96. The molecule has 5 rings (SSSR count). The molecule has 12 heteroatoms. The fourth-order valence-corrected chi connectivity index (χ4v) is 4.49. The first-order valence-electron chi connectivity index (χ1n) is 10.7. The van der Waals surface area contributed by atoms with E-state index in [0.717, 1.165) is 16.3 Å². The summed E-state index contributed by atoms with van der Waals surface area (Å²) in [4.78, 5) is 19.3. The summed E-state index contributed by atoms with van der Waals surface area (Å²) in [6, 6.07) is 6.45. The molecule has 8 nitrogen and oxygen atoms in total. The van der Waals surface area contributed by atoms with E-state index in [-0.39, 0.29) is 29.6 Å². The third-order valence-corrected chi connectivity index (χ3v) is 6.09. The number of pyridine rings is 1. The number of ether oxygens (including phenoxy) is 1. The Bertz CT molecular complexity index is 1470. The molecule has 0 saturated heterocycles. The summed E-state index contributed by atoms with van der Waals surface area (Å²) >= 11 is 0. The molecule has 4 heterocycles. The van der Waals surface area contributed by atoms with Crippen LogP contribution in [0.25, 0.3) is 22.3 Å². The molecule has 0 saturated carbocycles. The van der Waals surface area contributed by atoms with E-state index in [1.165, 1.54) is 43.1 Å². The van der Waals surface area contributed by atoms with Crippen molar-refractivity contribution in [1.82, 2.24) is 29.4 Å². The van der Waals surface area contributed by atoms with Gasteiger partial charge in [0.1, 0.15) is 17.2 Å². The van der Waals surface area contributed by atoms with E-state index in [1.54, 1.807) is 11.9 Å². The highest BCUT2D eigenvalue weighted by Crippen LogP contribution is 2.35. The summed E-state index contributed by atoms with van der Waals surface area (Å²) in [5, 5.41) is 8.87. The highest BCUT2D eigenvalue weighted by atomic mass is 19.4.